The van der Waals surface area contributed by atoms with Crippen molar-refractivity contribution in [2.45, 2.75) is 4.90 Å². The average molecular weight is 366 g/mol. The van der Waals surface area contributed by atoms with Crippen molar-refractivity contribution in [2.24, 2.45) is 0 Å². The van der Waals surface area contributed by atoms with Gasteiger partial charge in [0.05, 0.1) is 17.0 Å². The van der Waals surface area contributed by atoms with Crippen molar-refractivity contribution in [1.29, 1.82) is 0 Å². The zero-order valence-corrected chi connectivity index (χ0v) is 14.7. The van der Waals surface area contributed by atoms with Crippen LogP contribution in [0, 0.1) is 5.82 Å². The van der Waals surface area contributed by atoms with E-state index in [-0.39, 0.29) is 11.7 Å². The van der Waals surface area contributed by atoms with E-state index >= 15 is 0 Å². The number of benzene rings is 2. The van der Waals surface area contributed by atoms with Crippen molar-refractivity contribution in [2.75, 3.05) is 19.4 Å². The lowest BCUT2D eigenvalue weighted by molar-refractivity contribution is -0.116. The van der Waals surface area contributed by atoms with Gasteiger partial charge in [0.1, 0.15) is 11.6 Å². The quantitative estimate of drug-likeness (QED) is 0.448. The molecule has 24 heavy (non-hydrogen) atoms. The highest BCUT2D eigenvalue weighted by atomic mass is 35.5. The Morgan fingerprint density at radius 3 is 2.71 bits per heavy atom. The molecule has 1 N–H and O–H groups in total. The molecule has 0 saturated heterocycles. The molecule has 1 amide bonds. The van der Waals surface area contributed by atoms with E-state index in [0.29, 0.717) is 22.2 Å². The zero-order chi connectivity index (χ0) is 17.4. The molecule has 126 valence electrons. The Morgan fingerprint density at radius 1 is 1.29 bits per heavy atom. The van der Waals surface area contributed by atoms with Crippen molar-refractivity contribution in [3.63, 3.8) is 0 Å². The minimum atomic E-state index is -0.349. The van der Waals surface area contributed by atoms with Gasteiger partial charge in [0, 0.05) is 18.4 Å². The van der Waals surface area contributed by atoms with Crippen LogP contribution in [0.1, 0.15) is 5.56 Å². The summed E-state index contributed by atoms with van der Waals surface area (Å²) in [7, 11) is 1.60. The molecular formula is C18H17ClFNO2S. The molecule has 0 bridgehead atoms. The molecule has 0 aromatic heterocycles. The predicted molar refractivity (Wildman–Crippen MR) is 97.2 cm³/mol. The lowest BCUT2D eigenvalue weighted by atomic mass is 10.2. The standard InChI is InChI=1S/C18H17ClFNO2S/c1-23-14-8-5-13(6-9-14)7-10-17(22)21-11-12-24-18-15(19)3-2-4-16(18)20/h2-10H,11-12H2,1H3,(H,21,22). The molecule has 2 aromatic rings. The summed E-state index contributed by atoms with van der Waals surface area (Å²) in [6.45, 7) is 0.418. The number of carbonyl (C=O) groups excluding carboxylic acids is 1. The van der Waals surface area contributed by atoms with Gasteiger partial charge in [0.25, 0.3) is 0 Å². The van der Waals surface area contributed by atoms with Crippen molar-refractivity contribution in [3.8, 4) is 5.75 Å². The maximum atomic E-state index is 13.6. The molecule has 0 fully saturated rings. The Balaban J connectivity index is 1.75. The van der Waals surface area contributed by atoms with Gasteiger partial charge < -0.3 is 10.1 Å². The van der Waals surface area contributed by atoms with E-state index in [0.717, 1.165) is 11.3 Å². The van der Waals surface area contributed by atoms with Crippen LogP contribution in [-0.4, -0.2) is 25.3 Å². The molecule has 0 unspecified atom stereocenters. The van der Waals surface area contributed by atoms with Crippen LogP contribution in [0.3, 0.4) is 0 Å². The highest BCUT2D eigenvalue weighted by Crippen LogP contribution is 2.29. The molecule has 6 heteroatoms. The van der Waals surface area contributed by atoms with Crippen LogP contribution in [0.15, 0.2) is 53.4 Å². The third kappa shape index (κ3) is 5.58. The monoisotopic (exact) mass is 365 g/mol. The largest absolute Gasteiger partial charge is 0.497 e. The van der Waals surface area contributed by atoms with E-state index in [9.17, 15) is 9.18 Å². The number of carbonyl (C=O) groups is 1. The van der Waals surface area contributed by atoms with E-state index in [1.807, 2.05) is 24.3 Å². The van der Waals surface area contributed by atoms with E-state index in [1.54, 1.807) is 25.3 Å². The lowest BCUT2D eigenvalue weighted by Gasteiger charge is -2.06. The Bertz CT molecular complexity index is 699. The normalized spacial score (nSPS) is 10.8. The number of hydrogen-bond acceptors (Lipinski definition) is 3. The molecule has 2 aromatic carbocycles. The van der Waals surface area contributed by atoms with E-state index < -0.39 is 0 Å². The average Bonchev–Trinajstić information content (AvgIpc) is 2.59. The molecule has 3 nitrogen and oxygen atoms in total. The molecule has 0 heterocycles. The van der Waals surface area contributed by atoms with E-state index in [2.05, 4.69) is 5.32 Å². The summed E-state index contributed by atoms with van der Waals surface area (Å²) in [5, 5.41) is 3.13. The van der Waals surface area contributed by atoms with Gasteiger partial charge in [-0.25, -0.2) is 4.39 Å². The van der Waals surface area contributed by atoms with E-state index in [4.69, 9.17) is 16.3 Å². The maximum absolute atomic E-state index is 13.6. The molecule has 0 aliphatic heterocycles. The Kier molecular flexibility index (Phi) is 7.15. The summed E-state index contributed by atoms with van der Waals surface area (Å²) >= 11 is 7.22. The molecular weight excluding hydrogens is 349 g/mol. The molecule has 0 atom stereocenters. The van der Waals surface area contributed by atoms with Crippen LogP contribution >= 0.6 is 23.4 Å². The Labute approximate surface area is 149 Å². The number of halogens is 2. The molecule has 0 aliphatic rings. The number of hydrogen-bond donors (Lipinski definition) is 1. The third-order valence-electron chi connectivity index (χ3n) is 3.11. The van der Waals surface area contributed by atoms with Gasteiger partial charge >= 0.3 is 0 Å². The fourth-order valence-corrected chi connectivity index (χ4v) is 3.04. The summed E-state index contributed by atoms with van der Waals surface area (Å²) in [6.07, 6.45) is 3.18. The molecule has 0 saturated carbocycles. The van der Waals surface area contributed by atoms with Crippen LogP contribution in [0.4, 0.5) is 4.39 Å². The van der Waals surface area contributed by atoms with Crippen molar-refractivity contribution in [1.82, 2.24) is 5.32 Å². The van der Waals surface area contributed by atoms with Gasteiger partial charge in [-0.15, -0.1) is 11.8 Å². The molecule has 2 rings (SSSR count). The zero-order valence-electron chi connectivity index (χ0n) is 13.1. The fraction of sp³-hybridized carbons (Fsp3) is 0.167. The van der Waals surface area contributed by atoms with Crippen LogP contribution in [0.5, 0.6) is 5.75 Å². The van der Waals surface area contributed by atoms with Crippen LogP contribution < -0.4 is 10.1 Å². The van der Waals surface area contributed by atoms with Crippen molar-refractivity contribution < 1.29 is 13.9 Å². The second-order valence-corrected chi connectivity index (χ2v) is 6.31. The molecule has 0 radical (unpaired) electrons. The first-order valence-corrected chi connectivity index (χ1v) is 8.63. The number of ether oxygens (including phenoxy) is 1. The van der Waals surface area contributed by atoms with Gasteiger partial charge in [-0.1, -0.05) is 29.8 Å². The maximum Gasteiger partial charge on any atom is 0.244 e. The summed E-state index contributed by atoms with van der Waals surface area (Å²) in [4.78, 5) is 12.2. The Morgan fingerprint density at radius 2 is 2.04 bits per heavy atom. The number of methoxy groups -OCH3 is 1. The van der Waals surface area contributed by atoms with Gasteiger partial charge in [-0.05, 0) is 35.9 Å². The van der Waals surface area contributed by atoms with Crippen LogP contribution in [0.25, 0.3) is 6.08 Å². The second kappa shape index (κ2) is 9.35. The highest BCUT2D eigenvalue weighted by Gasteiger charge is 2.07. The number of nitrogens with one attached hydrogen (secondary N) is 1. The first-order chi connectivity index (χ1) is 11.6. The minimum Gasteiger partial charge on any atom is -0.497 e. The summed E-state index contributed by atoms with van der Waals surface area (Å²) < 4.78 is 18.7. The topological polar surface area (TPSA) is 38.3 Å². The number of amides is 1. The predicted octanol–water partition coefficient (Wildman–Crippen LogP) is 4.41. The first-order valence-electron chi connectivity index (χ1n) is 7.27. The molecule has 0 spiro atoms. The SMILES string of the molecule is COc1ccc(C=CC(=O)NCCSc2c(F)cccc2Cl)cc1. The second-order valence-electron chi connectivity index (χ2n) is 4.80. The van der Waals surface area contributed by atoms with Gasteiger partial charge in [0.2, 0.25) is 5.91 Å². The first kappa shape index (κ1) is 18.4. The summed E-state index contributed by atoms with van der Waals surface area (Å²) in [5.41, 5.74) is 0.901. The van der Waals surface area contributed by atoms with Gasteiger partial charge in [-0.2, -0.15) is 0 Å². The van der Waals surface area contributed by atoms with Crippen molar-refractivity contribution >= 4 is 35.3 Å². The summed E-state index contributed by atoms with van der Waals surface area (Å²) in [5.74, 6) is 0.743. The number of thioether (sulfide) groups is 1. The number of rotatable bonds is 7. The van der Waals surface area contributed by atoms with Crippen LogP contribution in [0.2, 0.25) is 5.02 Å². The van der Waals surface area contributed by atoms with Gasteiger partial charge in [0.15, 0.2) is 0 Å². The van der Waals surface area contributed by atoms with E-state index in [1.165, 1.54) is 23.9 Å². The smallest absolute Gasteiger partial charge is 0.244 e. The fourth-order valence-electron chi connectivity index (χ4n) is 1.89. The summed E-state index contributed by atoms with van der Waals surface area (Å²) in [6, 6.07) is 11.9. The van der Waals surface area contributed by atoms with Gasteiger partial charge in [-0.3, -0.25) is 4.79 Å². The highest BCUT2D eigenvalue weighted by molar-refractivity contribution is 7.99. The minimum absolute atomic E-state index is 0.203. The van der Waals surface area contributed by atoms with Crippen molar-refractivity contribution in [3.05, 3.63) is 64.9 Å². The third-order valence-corrected chi connectivity index (χ3v) is 4.65. The lowest BCUT2D eigenvalue weighted by Crippen LogP contribution is -2.23. The Hall–Kier alpha value is -1.98. The van der Waals surface area contributed by atoms with Crippen LogP contribution in [-0.2, 0) is 4.79 Å². The molecule has 0 aliphatic carbocycles.